The summed E-state index contributed by atoms with van der Waals surface area (Å²) in [6.07, 6.45) is 1.47. The van der Waals surface area contributed by atoms with E-state index in [1.54, 1.807) is 7.05 Å². The summed E-state index contributed by atoms with van der Waals surface area (Å²) in [5.41, 5.74) is 6.58. The summed E-state index contributed by atoms with van der Waals surface area (Å²) in [5.74, 6) is -0.970. The monoisotopic (exact) mass is 287 g/mol. The highest BCUT2D eigenvalue weighted by atomic mass is 79.9. The minimum Gasteiger partial charge on any atom is -0.383 e. The zero-order chi connectivity index (χ0) is 11.9. The van der Waals surface area contributed by atoms with E-state index in [-0.39, 0.29) is 4.47 Å². The van der Waals surface area contributed by atoms with E-state index < -0.39 is 11.6 Å². The number of hydrogen-bond acceptors (Lipinski definition) is 2. The normalized spacial score (nSPS) is 10.8. The van der Waals surface area contributed by atoms with Gasteiger partial charge in [0.15, 0.2) is 0 Å². The van der Waals surface area contributed by atoms with Gasteiger partial charge in [0.1, 0.15) is 17.5 Å². The Hall–Kier alpha value is -1.43. The van der Waals surface area contributed by atoms with Crippen LogP contribution in [0.5, 0.6) is 0 Å². The molecule has 0 aliphatic heterocycles. The number of nitrogens with zero attached hydrogens (tertiary/aromatic N) is 2. The number of nitrogen functional groups attached to an aromatic ring is 1. The fourth-order valence-electron chi connectivity index (χ4n) is 1.41. The van der Waals surface area contributed by atoms with Crippen molar-refractivity contribution >= 4 is 21.7 Å². The lowest BCUT2D eigenvalue weighted by atomic mass is 10.1. The molecule has 0 amide bonds. The van der Waals surface area contributed by atoms with Crippen molar-refractivity contribution in [3.05, 3.63) is 34.4 Å². The first kappa shape index (κ1) is 11.1. The maximum Gasteiger partial charge on any atom is 0.140 e. The molecule has 1 aromatic carbocycles. The van der Waals surface area contributed by atoms with E-state index >= 15 is 0 Å². The molecule has 0 atom stereocenters. The highest BCUT2D eigenvalue weighted by molar-refractivity contribution is 9.10. The predicted molar refractivity (Wildman–Crippen MR) is 60.7 cm³/mol. The van der Waals surface area contributed by atoms with Crippen molar-refractivity contribution in [2.24, 2.45) is 7.05 Å². The zero-order valence-corrected chi connectivity index (χ0v) is 9.92. The van der Waals surface area contributed by atoms with Crippen LogP contribution in [0.3, 0.4) is 0 Å². The van der Waals surface area contributed by atoms with Gasteiger partial charge in [-0.2, -0.15) is 5.10 Å². The molecule has 16 heavy (non-hydrogen) atoms. The van der Waals surface area contributed by atoms with Crippen LogP contribution < -0.4 is 5.73 Å². The molecule has 2 N–H and O–H groups in total. The Morgan fingerprint density at radius 1 is 1.31 bits per heavy atom. The fourth-order valence-corrected chi connectivity index (χ4v) is 1.85. The summed E-state index contributed by atoms with van der Waals surface area (Å²) in [6, 6.07) is 2.01. The molecule has 84 valence electrons. The minimum atomic E-state index is -0.668. The number of halogens is 3. The topological polar surface area (TPSA) is 43.8 Å². The second-order valence-electron chi connectivity index (χ2n) is 3.32. The largest absolute Gasteiger partial charge is 0.383 e. The van der Waals surface area contributed by atoms with Gasteiger partial charge in [-0.05, 0) is 22.0 Å². The van der Waals surface area contributed by atoms with Crippen molar-refractivity contribution in [2.45, 2.75) is 0 Å². The summed E-state index contributed by atoms with van der Waals surface area (Å²) < 4.78 is 28.0. The van der Waals surface area contributed by atoms with Crippen molar-refractivity contribution in [3.63, 3.8) is 0 Å². The molecule has 6 heteroatoms. The van der Waals surface area contributed by atoms with Crippen LogP contribution in [0.4, 0.5) is 14.6 Å². The molecule has 2 aromatic rings. The molecule has 0 radical (unpaired) electrons. The van der Waals surface area contributed by atoms with Gasteiger partial charge in [0, 0.05) is 24.2 Å². The van der Waals surface area contributed by atoms with E-state index in [0.29, 0.717) is 16.9 Å². The maximum atomic E-state index is 13.3. The summed E-state index contributed by atoms with van der Waals surface area (Å²) in [5, 5.41) is 3.92. The first-order valence-corrected chi connectivity index (χ1v) is 5.22. The maximum absolute atomic E-state index is 13.3. The molecule has 0 saturated heterocycles. The van der Waals surface area contributed by atoms with Crippen molar-refractivity contribution in [1.82, 2.24) is 9.78 Å². The Morgan fingerprint density at radius 3 is 2.56 bits per heavy atom. The molecule has 0 spiro atoms. The summed E-state index contributed by atoms with van der Waals surface area (Å²) in [7, 11) is 1.66. The van der Waals surface area contributed by atoms with Crippen molar-refractivity contribution < 1.29 is 8.78 Å². The van der Waals surface area contributed by atoms with Gasteiger partial charge >= 0.3 is 0 Å². The van der Waals surface area contributed by atoms with Crippen LogP contribution in [-0.4, -0.2) is 9.78 Å². The Balaban J connectivity index is 2.69. The van der Waals surface area contributed by atoms with Crippen LogP contribution in [0.15, 0.2) is 22.8 Å². The van der Waals surface area contributed by atoms with Crippen molar-refractivity contribution in [3.8, 4) is 11.1 Å². The summed E-state index contributed by atoms with van der Waals surface area (Å²) >= 11 is 3.06. The van der Waals surface area contributed by atoms with Gasteiger partial charge in [0.2, 0.25) is 0 Å². The van der Waals surface area contributed by atoms with E-state index in [9.17, 15) is 8.78 Å². The Kier molecular flexibility index (Phi) is 2.67. The highest BCUT2D eigenvalue weighted by Crippen LogP contribution is 2.34. The van der Waals surface area contributed by atoms with Gasteiger partial charge in [0.25, 0.3) is 0 Å². The fraction of sp³-hybridized carbons (Fsp3) is 0.100. The SMILES string of the molecule is Cn1ncc(-c2cc(F)cc(F)c2Br)c1N. The number of anilines is 1. The van der Waals surface area contributed by atoms with Gasteiger partial charge in [-0.3, -0.25) is 4.68 Å². The third kappa shape index (κ3) is 1.69. The average Bonchev–Trinajstić information content (AvgIpc) is 2.54. The van der Waals surface area contributed by atoms with Gasteiger partial charge in [0.05, 0.1) is 10.7 Å². The molecular weight excluding hydrogens is 280 g/mol. The van der Waals surface area contributed by atoms with E-state index in [4.69, 9.17) is 5.73 Å². The molecule has 0 aliphatic rings. The van der Waals surface area contributed by atoms with Crippen molar-refractivity contribution in [2.75, 3.05) is 5.73 Å². The lowest BCUT2D eigenvalue weighted by Crippen LogP contribution is -1.98. The number of rotatable bonds is 1. The molecule has 0 saturated carbocycles. The molecule has 3 nitrogen and oxygen atoms in total. The van der Waals surface area contributed by atoms with Gasteiger partial charge in [-0.25, -0.2) is 8.78 Å². The molecule has 0 fully saturated rings. The molecule has 0 aliphatic carbocycles. The van der Waals surface area contributed by atoms with Crippen LogP contribution in [0.25, 0.3) is 11.1 Å². The Bertz CT molecular complexity index is 551. The van der Waals surface area contributed by atoms with Gasteiger partial charge in [-0.15, -0.1) is 0 Å². The van der Waals surface area contributed by atoms with Crippen LogP contribution in [0.2, 0.25) is 0 Å². The predicted octanol–water partition coefficient (Wildman–Crippen LogP) is 2.71. The van der Waals surface area contributed by atoms with Crippen molar-refractivity contribution in [1.29, 1.82) is 0 Å². The quantitative estimate of drug-likeness (QED) is 0.820. The average molecular weight is 288 g/mol. The molecule has 1 aromatic heterocycles. The van der Waals surface area contributed by atoms with Gasteiger partial charge in [-0.1, -0.05) is 0 Å². The van der Waals surface area contributed by atoms with Crippen LogP contribution >= 0.6 is 15.9 Å². The first-order chi connectivity index (χ1) is 7.50. The Morgan fingerprint density at radius 2 is 2.00 bits per heavy atom. The van der Waals surface area contributed by atoms with E-state index in [0.717, 1.165) is 6.07 Å². The smallest absolute Gasteiger partial charge is 0.140 e. The van der Waals surface area contributed by atoms with E-state index in [1.807, 2.05) is 0 Å². The summed E-state index contributed by atoms with van der Waals surface area (Å²) in [4.78, 5) is 0. The van der Waals surface area contributed by atoms with E-state index in [2.05, 4.69) is 21.0 Å². The molecule has 0 bridgehead atoms. The molecule has 0 unspecified atom stereocenters. The number of hydrogen-bond donors (Lipinski definition) is 1. The third-order valence-electron chi connectivity index (χ3n) is 2.27. The third-order valence-corrected chi connectivity index (χ3v) is 3.07. The zero-order valence-electron chi connectivity index (χ0n) is 8.34. The number of aromatic nitrogens is 2. The summed E-state index contributed by atoms with van der Waals surface area (Å²) in [6.45, 7) is 0. The Labute approximate surface area is 99.0 Å². The number of nitrogens with two attached hydrogens (primary N) is 1. The number of benzene rings is 1. The van der Waals surface area contributed by atoms with Crippen LogP contribution in [0, 0.1) is 11.6 Å². The molecular formula is C10H8BrF2N3. The van der Waals surface area contributed by atoms with Gasteiger partial charge < -0.3 is 5.73 Å². The highest BCUT2D eigenvalue weighted by Gasteiger charge is 2.15. The van der Waals surface area contributed by atoms with E-state index in [1.165, 1.54) is 16.9 Å². The molecule has 2 rings (SSSR count). The standard InChI is InChI=1S/C10H8BrF2N3/c1-16-10(14)7(4-15-16)6-2-5(12)3-8(13)9(6)11/h2-4H,14H2,1H3. The first-order valence-electron chi connectivity index (χ1n) is 4.43. The number of aryl methyl sites for hydroxylation is 1. The van der Waals surface area contributed by atoms with Crippen LogP contribution in [0.1, 0.15) is 0 Å². The second-order valence-corrected chi connectivity index (χ2v) is 4.11. The van der Waals surface area contributed by atoms with Crippen LogP contribution in [-0.2, 0) is 7.05 Å². The minimum absolute atomic E-state index is 0.175. The lowest BCUT2D eigenvalue weighted by Gasteiger charge is -2.05. The second kappa shape index (κ2) is 3.86. The molecule has 1 heterocycles. The lowest BCUT2D eigenvalue weighted by molar-refractivity contribution is 0.580.